The Labute approximate surface area is 185 Å². The Hall–Kier alpha value is -3.77. The summed E-state index contributed by atoms with van der Waals surface area (Å²) in [4.78, 5) is 23.7. The van der Waals surface area contributed by atoms with Crippen molar-refractivity contribution in [2.75, 3.05) is 12.4 Å². The molecule has 0 saturated heterocycles. The number of halogens is 1. The van der Waals surface area contributed by atoms with Crippen LogP contribution in [0, 0.1) is 0 Å². The number of hydrogen-bond donors (Lipinski definition) is 2. The van der Waals surface area contributed by atoms with Gasteiger partial charge in [0.05, 0.1) is 18.4 Å². The minimum Gasteiger partial charge on any atom is -0.493 e. The van der Waals surface area contributed by atoms with Gasteiger partial charge in [0.25, 0.3) is 5.91 Å². The van der Waals surface area contributed by atoms with Crippen molar-refractivity contribution in [1.29, 1.82) is 0 Å². The van der Waals surface area contributed by atoms with Crippen molar-refractivity contribution < 1.29 is 19.1 Å². The smallest absolute Gasteiger partial charge is 0.250 e. The molecule has 3 rings (SSSR count). The van der Waals surface area contributed by atoms with Gasteiger partial charge in [-0.25, -0.2) is 0 Å². The van der Waals surface area contributed by atoms with E-state index in [1.54, 1.807) is 67.8 Å². The molecule has 0 atom stereocenters. The summed E-state index contributed by atoms with van der Waals surface area (Å²) in [5.74, 6) is 0.111. The Balaban J connectivity index is 1.66. The van der Waals surface area contributed by atoms with Crippen LogP contribution in [0.15, 0.2) is 72.8 Å². The average molecular weight is 437 g/mol. The van der Waals surface area contributed by atoms with E-state index in [-0.39, 0.29) is 5.56 Å². The van der Waals surface area contributed by atoms with Gasteiger partial charge in [0.2, 0.25) is 5.91 Å². The van der Waals surface area contributed by atoms with E-state index in [9.17, 15) is 9.59 Å². The van der Waals surface area contributed by atoms with Gasteiger partial charge in [-0.15, -0.1) is 0 Å². The average Bonchev–Trinajstić information content (AvgIpc) is 2.77. The fourth-order valence-electron chi connectivity index (χ4n) is 2.80. The van der Waals surface area contributed by atoms with E-state index in [4.69, 9.17) is 26.8 Å². The van der Waals surface area contributed by atoms with Gasteiger partial charge in [0, 0.05) is 11.1 Å². The Morgan fingerprint density at radius 3 is 2.48 bits per heavy atom. The highest BCUT2D eigenvalue weighted by atomic mass is 35.5. The number of ether oxygens (including phenoxy) is 2. The Morgan fingerprint density at radius 2 is 1.77 bits per heavy atom. The molecule has 3 N–H and O–H groups in total. The van der Waals surface area contributed by atoms with Crippen LogP contribution in [0.1, 0.15) is 21.5 Å². The molecule has 3 aromatic rings. The molecule has 3 aromatic carbocycles. The second kappa shape index (κ2) is 10.3. The van der Waals surface area contributed by atoms with Crippen LogP contribution in [-0.2, 0) is 11.4 Å². The van der Waals surface area contributed by atoms with E-state index in [1.165, 1.54) is 6.08 Å². The zero-order valence-electron chi connectivity index (χ0n) is 16.8. The van der Waals surface area contributed by atoms with E-state index in [0.717, 1.165) is 11.1 Å². The van der Waals surface area contributed by atoms with E-state index in [1.807, 2.05) is 12.1 Å². The van der Waals surface area contributed by atoms with Gasteiger partial charge in [-0.1, -0.05) is 41.9 Å². The maximum Gasteiger partial charge on any atom is 0.250 e. The molecule has 31 heavy (non-hydrogen) atoms. The van der Waals surface area contributed by atoms with Crippen LogP contribution in [0.25, 0.3) is 6.08 Å². The van der Waals surface area contributed by atoms with Crippen LogP contribution in [-0.4, -0.2) is 18.9 Å². The summed E-state index contributed by atoms with van der Waals surface area (Å²) in [5, 5.41) is 3.32. The van der Waals surface area contributed by atoms with Gasteiger partial charge in [0.15, 0.2) is 11.5 Å². The predicted molar refractivity (Wildman–Crippen MR) is 121 cm³/mol. The van der Waals surface area contributed by atoms with Crippen LogP contribution >= 0.6 is 11.6 Å². The van der Waals surface area contributed by atoms with Crippen molar-refractivity contribution in [1.82, 2.24) is 0 Å². The van der Waals surface area contributed by atoms with Crippen molar-refractivity contribution in [2.24, 2.45) is 5.73 Å². The van der Waals surface area contributed by atoms with Gasteiger partial charge < -0.3 is 20.5 Å². The minimum atomic E-state index is -0.612. The predicted octanol–water partition coefficient (Wildman–Crippen LogP) is 4.68. The van der Waals surface area contributed by atoms with Gasteiger partial charge >= 0.3 is 0 Å². The van der Waals surface area contributed by atoms with Crippen molar-refractivity contribution in [3.63, 3.8) is 0 Å². The molecule has 7 heteroatoms. The van der Waals surface area contributed by atoms with Crippen molar-refractivity contribution in [3.05, 3.63) is 94.5 Å². The lowest BCUT2D eigenvalue weighted by Gasteiger charge is -2.11. The first-order chi connectivity index (χ1) is 15.0. The summed E-state index contributed by atoms with van der Waals surface area (Å²) >= 11 is 5.90. The maximum atomic E-state index is 12.2. The van der Waals surface area contributed by atoms with E-state index >= 15 is 0 Å². The highest BCUT2D eigenvalue weighted by Crippen LogP contribution is 2.29. The van der Waals surface area contributed by atoms with Gasteiger partial charge in [0.1, 0.15) is 6.61 Å². The zero-order chi connectivity index (χ0) is 22.2. The van der Waals surface area contributed by atoms with Gasteiger partial charge in [-0.2, -0.15) is 0 Å². The molecule has 0 heterocycles. The zero-order valence-corrected chi connectivity index (χ0v) is 17.6. The molecule has 158 valence electrons. The first-order valence-electron chi connectivity index (χ1n) is 9.39. The first-order valence-corrected chi connectivity index (χ1v) is 9.77. The summed E-state index contributed by atoms with van der Waals surface area (Å²) in [6.07, 6.45) is 2.99. The normalized spacial score (nSPS) is 10.6. The number of amides is 2. The summed E-state index contributed by atoms with van der Waals surface area (Å²) in [7, 11) is 1.55. The van der Waals surface area contributed by atoms with Crippen molar-refractivity contribution >= 4 is 35.2 Å². The van der Waals surface area contributed by atoms with Crippen LogP contribution < -0.4 is 20.5 Å². The van der Waals surface area contributed by atoms with Crippen molar-refractivity contribution in [3.8, 4) is 11.5 Å². The third kappa shape index (κ3) is 6.10. The summed E-state index contributed by atoms with van der Waals surface area (Å²) in [5.41, 5.74) is 7.65. The molecule has 0 spiro atoms. The lowest BCUT2D eigenvalue weighted by Crippen LogP contribution is -2.16. The van der Waals surface area contributed by atoms with E-state index in [2.05, 4.69) is 5.32 Å². The van der Waals surface area contributed by atoms with Crippen LogP contribution in [0.2, 0.25) is 5.02 Å². The van der Waals surface area contributed by atoms with Gasteiger partial charge in [-0.05, 0) is 53.6 Å². The number of carbonyl (C=O) groups excluding carboxylic acids is 2. The number of rotatable bonds is 8. The summed E-state index contributed by atoms with van der Waals surface area (Å²) in [6, 6.07) is 19.3. The highest BCUT2D eigenvalue weighted by molar-refractivity contribution is 6.30. The molecule has 0 bridgehead atoms. The monoisotopic (exact) mass is 436 g/mol. The SMILES string of the molecule is COc1cc(/C=C/C(=O)Nc2ccccc2C(N)=O)ccc1OCc1ccc(Cl)cc1. The summed E-state index contributed by atoms with van der Waals surface area (Å²) in [6.45, 7) is 0.365. The fourth-order valence-corrected chi connectivity index (χ4v) is 2.93. The molecule has 0 saturated carbocycles. The number of carbonyl (C=O) groups is 2. The molecule has 0 aliphatic rings. The number of methoxy groups -OCH3 is 1. The first kappa shape index (κ1) is 21.9. The molecular weight excluding hydrogens is 416 g/mol. The third-order valence-corrected chi connectivity index (χ3v) is 4.62. The summed E-state index contributed by atoms with van der Waals surface area (Å²) < 4.78 is 11.2. The number of nitrogens with two attached hydrogens (primary N) is 1. The van der Waals surface area contributed by atoms with Crippen LogP contribution in [0.4, 0.5) is 5.69 Å². The molecular formula is C24H21ClN2O4. The topological polar surface area (TPSA) is 90.6 Å². The Morgan fingerprint density at radius 1 is 1.03 bits per heavy atom. The number of anilines is 1. The molecule has 0 aliphatic heterocycles. The lowest BCUT2D eigenvalue weighted by molar-refractivity contribution is -0.111. The Kier molecular flexibility index (Phi) is 7.30. The molecule has 0 radical (unpaired) electrons. The number of nitrogens with one attached hydrogen (secondary N) is 1. The lowest BCUT2D eigenvalue weighted by atomic mass is 10.1. The molecule has 6 nitrogen and oxygen atoms in total. The fraction of sp³-hybridized carbons (Fsp3) is 0.0833. The third-order valence-electron chi connectivity index (χ3n) is 4.37. The Bertz CT molecular complexity index is 1110. The standard InChI is InChI=1S/C24H21ClN2O4/c1-30-22-14-16(8-12-21(22)31-15-17-6-10-18(25)11-7-17)9-13-23(28)27-20-5-3-2-4-19(20)24(26)29/h2-14H,15H2,1H3,(H2,26,29)(H,27,28)/b13-9+. The second-order valence-electron chi connectivity index (χ2n) is 6.56. The van der Waals surface area contributed by atoms with Crippen molar-refractivity contribution in [2.45, 2.75) is 6.61 Å². The molecule has 0 aliphatic carbocycles. The van der Waals surface area contributed by atoms with E-state index < -0.39 is 11.8 Å². The number of para-hydroxylation sites is 1. The second-order valence-corrected chi connectivity index (χ2v) is 6.99. The molecule has 0 aromatic heterocycles. The van der Waals surface area contributed by atoms with Crippen LogP contribution in [0.5, 0.6) is 11.5 Å². The molecule has 0 unspecified atom stereocenters. The number of hydrogen-bond acceptors (Lipinski definition) is 4. The number of primary amides is 1. The largest absolute Gasteiger partial charge is 0.493 e. The molecule has 0 fully saturated rings. The maximum absolute atomic E-state index is 12.2. The van der Waals surface area contributed by atoms with Gasteiger partial charge in [-0.3, -0.25) is 9.59 Å². The van der Waals surface area contributed by atoms with Crippen LogP contribution in [0.3, 0.4) is 0 Å². The minimum absolute atomic E-state index is 0.244. The quantitative estimate of drug-likeness (QED) is 0.501. The molecule has 2 amide bonds. The van der Waals surface area contributed by atoms with E-state index in [0.29, 0.717) is 28.8 Å². The highest BCUT2D eigenvalue weighted by Gasteiger charge is 2.09. The number of benzene rings is 3.